The summed E-state index contributed by atoms with van der Waals surface area (Å²) < 4.78 is 1.11. The second kappa shape index (κ2) is 6.00. The Balaban J connectivity index is 1.93. The molecule has 1 aromatic heterocycles. The zero-order valence-corrected chi connectivity index (χ0v) is 14.0. The highest BCUT2D eigenvalue weighted by Gasteiger charge is 2.38. The van der Waals surface area contributed by atoms with Crippen molar-refractivity contribution >= 4 is 21.7 Å². The third-order valence-corrected chi connectivity index (χ3v) is 5.40. The summed E-state index contributed by atoms with van der Waals surface area (Å²) in [5, 5.41) is 3.47. The van der Waals surface area contributed by atoms with Gasteiger partial charge < -0.3 is 5.32 Å². The molecular formula is C16H24BrN3. The van der Waals surface area contributed by atoms with Gasteiger partial charge in [0.15, 0.2) is 0 Å². The normalized spacial score (nSPS) is 25.9. The van der Waals surface area contributed by atoms with Gasteiger partial charge in [-0.1, -0.05) is 26.7 Å². The monoisotopic (exact) mass is 337 g/mol. The minimum atomic E-state index is 0.588. The van der Waals surface area contributed by atoms with Crippen LogP contribution in [0.3, 0.4) is 0 Å². The summed E-state index contributed by atoms with van der Waals surface area (Å²) in [6.07, 6.45) is 7.61. The van der Waals surface area contributed by atoms with E-state index < -0.39 is 0 Å². The number of hydrogen-bond acceptors (Lipinski definition) is 3. The first kappa shape index (κ1) is 14.3. The standard InChI is InChI=1S/C16H24BrN3/c1-3-8-18-16-13(17)14(11-6-4-5-7-11)19-15(20-16)12-9-10(12)2/h10-12H,3-9H2,1-2H3,(H,18,19,20). The van der Waals surface area contributed by atoms with E-state index in [1.54, 1.807) is 0 Å². The van der Waals surface area contributed by atoms with Crippen LogP contribution in [0.5, 0.6) is 0 Å². The lowest BCUT2D eigenvalue weighted by molar-refractivity contribution is 0.675. The zero-order valence-electron chi connectivity index (χ0n) is 12.5. The lowest BCUT2D eigenvalue weighted by Gasteiger charge is -2.16. The van der Waals surface area contributed by atoms with Crippen LogP contribution in [0.4, 0.5) is 5.82 Å². The van der Waals surface area contributed by atoms with E-state index in [9.17, 15) is 0 Å². The average Bonchev–Trinajstić information content (AvgIpc) is 2.95. The van der Waals surface area contributed by atoms with Crippen LogP contribution in [-0.4, -0.2) is 16.5 Å². The Morgan fingerprint density at radius 2 is 1.95 bits per heavy atom. The first-order chi connectivity index (χ1) is 9.70. The van der Waals surface area contributed by atoms with E-state index in [1.807, 2.05) is 0 Å². The molecule has 2 saturated carbocycles. The number of nitrogens with zero attached hydrogens (tertiary/aromatic N) is 2. The quantitative estimate of drug-likeness (QED) is 0.835. The van der Waals surface area contributed by atoms with Crippen LogP contribution in [0.25, 0.3) is 0 Å². The van der Waals surface area contributed by atoms with Crippen molar-refractivity contribution in [1.29, 1.82) is 0 Å². The number of rotatable bonds is 5. The van der Waals surface area contributed by atoms with E-state index in [0.717, 1.165) is 35.0 Å². The molecule has 1 N–H and O–H groups in total. The number of aromatic nitrogens is 2. The van der Waals surface area contributed by atoms with Crippen LogP contribution in [0.2, 0.25) is 0 Å². The summed E-state index contributed by atoms with van der Waals surface area (Å²) in [7, 11) is 0. The lowest BCUT2D eigenvalue weighted by atomic mass is 10.0. The third kappa shape index (κ3) is 2.85. The largest absolute Gasteiger partial charge is 0.369 e. The molecule has 2 aliphatic rings. The van der Waals surface area contributed by atoms with E-state index in [4.69, 9.17) is 9.97 Å². The highest BCUT2D eigenvalue weighted by molar-refractivity contribution is 9.10. The van der Waals surface area contributed by atoms with Gasteiger partial charge >= 0.3 is 0 Å². The van der Waals surface area contributed by atoms with Crippen LogP contribution >= 0.6 is 15.9 Å². The van der Waals surface area contributed by atoms with E-state index in [2.05, 4.69) is 35.1 Å². The molecule has 0 radical (unpaired) electrons. The summed E-state index contributed by atoms with van der Waals surface area (Å²) in [6.45, 7) is 5.45. The van der Waals surface area contributed by atoms with Gasteiger partial charge in [-0.2, -0.15) is 0 Å². The van der Waals surface area contributed by atoms with E-state index >= 15 is 0 Å². The van der Waals surface area contributed by atoms with E-state index in [0.29, 0.717) is 11.8 Å². The van der Waals surface area contributed by atoms with Crippen molar-refractivity contribution in [3.05, 3.63) is 16.0 Å². The van der Waals surface area contributed by atoms with Crippen LogP contribution in [0.1, 0.15) is 75.7 Å². The Labute approximate surface area is 130 Å². The number of nitrogens with one attached hydrogen (secondary N) is 1. The van der Waals surface area contributed by atoms with Gasteiger partial charge in [0, 0.05) is 18.4 Å². The Morgan fingerprint density at radius 1 is 1.25 bits per heavy atom. The molecule has 0 saturated heterocycles. The molecule has 0 aromatic carbocycles. The van der Waals surface area contributed by atoms with Gasteiger partial charge in [-0.15, -0.1) is 0 Å². The molecule has 0 spiro atoms. The van der Waals surface area contributed by atoms with Gasteiger partial charge in [0.05, 0.1) is 10.2 Å². The molecule has 0 aliphatic heterocycles. The van der Waals surface area contributed by atoms with Crippen LogP contribution in [-0.2, 0) is 0 Å². The Kier molecular flexibility index (Phi) is 4.29. The van der Waals surface area contributed by atoms with Crippen molar-refractivity contribution in [3.63, 3.8) is 0 Å². The average molecular weight is 338 g/mol. The summed E-state index contributed by atoms with van der Waals surface area (Å²) in [6, 6.07) is 0. The minimum absolute atomic E-state index is 0.588. The molecule has 1 heterocycles. The van der Waals surface area contributed by atoms with Crippen LogP contribution < -0.4 is 5.32 Å². The van der Waals surface area contributed by atoms with Crippen LogP contribution in [0, 0.1) is 5.92 Å². The SMILES string of the molecule is CCCNc1nc(C2CC2C)nc(C2CCCC2)c1Br. The van der Waals surface area contributed by atoms with Crippen molar-refractivity contribution in [3.8, 4) is 0 Å². The highest BCUT2D eigenvalue weighted by Crippen LogP contribution is 2.47. The molecule has 110 valence electrons. The van der Waals surface area contributed by atoms with Crippen LogP contribution in [0.15, 0.2) is 4.47 Å². The fourth-order valence-corrected chi connectivity index (χ4v) is 3.80. The first-order valence-corrected chi connectivity index (χ1v) is 8.81. The molecule has 2 aliphatic carbocycles. The van der Waals surface area contributed by atoms with E-state index in [1.165, 1.54) is 37.8 Å². The van der Waals surface area contributed by atoms with Gasteiger partial charge in [0.1, 0.15) is 11.6 Å². The Morgan fingerprint density at radius 3 is 2.55 bits per heavy atom. The Bertz CT molecular complexity index is 483. The minimum Gasteiger partial charge on any atom is -0.369 e. The summed E-state index contributed by atoms with van der Waals surface area (Å²) in [5.74, 6) is 4.05. The molecular weight excluding hydrogens is 314 g/mol. The van der Waals surface area contributed by atoms with Crippen molar-refractivity contribution < 1.29 is 0 Å². The molecule has 0 amide bonds. The highest BCUT2D eigenvalue weighted by atomic mass is 79.9. The predicted octanol–water partition coefficient (Wildman–Crippen LogP) is 4.84. The van der Waals surface area contributed by atoms with Gasteiger partial charge in [0.25, 0.3) is 0 Å². The number of halogens is 1. The molecule has 2 atom stereocenters. The van der Waals surface area contributed by atoms with Crippen molar-refractivity contribution in [2.75, 3.05) is 11.9 Å². The third-order valence-electron chi connectivity index (χ3n) is 4.62. The van der Waals surface area contributed by atoms with Crippen molar-refractivity contribution in [1.82, 2.24) is 9.97 Å². The Hall–Kier alpha value is -0.640. The molecule has 4 heteroatoms. The summed E-state index contributed by atoms with van der Waals surface area (Å²) in [4.78, 5) is 9.72. The molecule has 1 aromatic rings. The maximum absolute atomic E-state index is 4.94. The maximum Gasteiger partial charge on any atom is 0.144 e. The molecule has 2 unspecified atom stereocenters. The first-order valence-electron chi connectivity index (χ1n) is 8.02. The summed E-state index contributed by atoms with van der Waals surface area (Å²) >= 11 is 3.75. The fourth-order valence-electron chi connectivity index (χ4n) is 3.16. The zero-order chi connectivity index (χ0) is 14.1. The molecule has 3 rings (SSSR count). The van der Waals surface area contributed by atoms with Gasteiger partial charge in [-0.25, -0.2) is 9.97 Å². The van der Waals surface area contributed by atoms with E-state index in [-0.39, 0.29) is 0 Å². The fraction of sp³-hybridized carbons (Fsp3) is 0.750. The molecule has 3 nitrogen and oxygen atoms in total. The molecule has 20 heavy (non-hydrogen) atoms. The smallest absolute Gasteiger partial charge is 0.144 e. The van der Waals surface area contributed by atoms with Crippen molar-refractivity contribution in [2.24, 2.45) is 5.92 Å². The second-order valence-corrected chi connectivity index (χ2v) is 7.15. The number of anilines is 1. The topological polar surface area (TPSA) is 37.8 Å². The lowest BCUT2D eigenvalue weighted by Crippen LogP contribution is -2.10. The molecule has 2 fully saturated rings. The predicted molar refractivity (Wildman–Crippen MR) is 86.2 cm³/mol. The maximum atomic E-state index is 4.94. The second-order valence-electron chi connectivity index (χ2n) is 6.36. The number of hydrogen-bond donors (Lipinski definition) is 1. The van der Waals surface area contributed by atoms with Gasteiger partial charge in [-0.3, -0.25) is 0 Å². The molecule has 0 bridgehead atoms. The van der Waals surface area contributed by atoms with Gasteiger partial charge in [-0.05, 0) is 47.5 Å². The summed E-state index contributed by atoms with van der Waals surface area (Å²) in [5.41, 5.74) is 1.25. The van der Waals surface area contributed by atoms with Gasteiger partial charge in [0.2, 0.25) is 0 Å². The van der Waals surface area contributed by atoms with Crippen molar-refractivity contribution in [2.45, 2.75) is 64.2 Å².